The van der Waals surface area contributed by atoms with Crippen molar-refractivity contribution >= 4 is 0 Å². The molecule has 16 heavy (non-hydrogen) atoms. The van der Waals surface area contributed by atoms with Gasteiger partial charge in [0.05, 0.1) is 5.69 Å². The Kier molecular flexibility index (Phi) is 4.54. The molecule has 92 valence electrons. The number of nitrogens with one attached hydrogen (secondary N) is 1. The second-order valence-corrected chi connectivity index (χ2v) is 4.91. The maximum Gasteiger partial charge on any atom is 0.0644 e. The van der Waals surface area contributed by atoms with Crippen molar-refractivity contribution in [2.24, 2.45) is 5.92 Å². The van der Waals surface area contributed by atoms with Crippen LogP contribution in [0.3, 0.4) is 0 Å². The van der Waals surface area contributed by atoms with Crippen molar-refractivity contribution in [1.29, 1.82) is 0 Å². The van der Waals surface area contributed by atoms with Crippen LogP contribution in [0.1, 0.15) is 50.2 Å². The maximum absolute atomic E-state index is 4.64. The molecule has 1 rings (SSSR count). The fourth-order valence-corrected chi connectivity index (χ4v) is 2.29. The molecule has 0 amide bonds. The van der Waals surface area contributed by atoms with E-state index >= 15 is 0 Å². The molecule has 0 fully saturated rings. The van der Waals surface area contributed by atoms with Gasteiger partial charge in [-0.3, -0.25) is 4.68 Å². The summed E-state index contributed by atoms with van der Waals surface area (Å²) in [6.07, 6.45) is 1.10. The van der Waals surface area contributed by atoms with Crippen molar-refractivity contribution in [3.8, 4) is 0 Å². The van der Waals surface area contributed by atoms with E-state index < -0.39 is 0 Å². The van der Waals surface area contributed by atoms with Crippen LogP contribution in [0.25, 0.3) is 0 Å². The number of hydrogen-bond acceptors (Lipinski definition) is 2. The van der Waals surface area contributed by atoms with Gasteiger partial charge in [0.1, 0.15) is 0 Å². The van der Waals surface area contributed by atoms with E-state index in [1.54, 1.807) is 0 Å². The quantitative estimate of drug-likeness (QED) is 0.832. The van der Waals surface area contributed by atoms with E-state index in [-0.39, 0.29) is 0 Å². The van der Waals surface area contributed by atoms with Gasteiger partial charge in [0, 0.05) is 23.8 Å². The molecule has 1 heterocycles. The molecule has 0 saturated heterocycles. The lowest BCUT2D eigenvalue weighted by Gasteiger charge is -2.15. The number of rotatable bonds is 5. The Morgan fingerprint density at radius 2 is 1.94 bits per heavy atom. The third-order valence-corrected chi connectivity index (χ3v) is 3.08. The van der Waals surface area contributed by atoms with Gasteiger partial charge >= 0.3 is 0 Å². The van der Waals surface area contributed by atoms with Gasteiger partial charge in [-0.1, -0.05) is 20.8 Å². The molecule has 0 aliphatic rings. The highest BCUT2D eigenvalue weighted by atomic mass is 15.3. The number of nitrogens with zero attached hydrogens (tertiary/aromatic N) is 2. The van der Waals surface area contributed by atoms with Crippen molar-refractivity contribution in [2.45, 2.75) is 53.6 Å². The summed E-state index contributed by atoms with van der Waals surface area (Å²) in [5, 5.41) is 8.01. The lowest BCUT2D eigenvalue weighted by atomic mass is 10.0. The van der Waals surface area contributed by atoms with Crippen molar-refractivity contribution in [3.05, 3.63) is 17.0 Å². The number of aryl methyl sites for hydroxylation is 1. The van der Waals surface area contributed by atoms with Gasteiger partial charge < -0.3 is 5.32 Å². The van der Waals surface area contributed by atoms with Crippen molar-refractivity contribution in [2.75, 3.05) is 7.05 Å². The molecule has 1 N–H and O–H groups in total. The van der Waals surface area contributed by atoms with E-state index in [9.17, 15) is 0 Å². The van der Waals surface area contributed by atoms with E-state index in [4.69, 9.17) is 0 Å². The van der Waals surface area contributed by atoms with Crippen LogP contribution in [0.15, 0.2) is 0 Å². The highest BCUT2D eigenvalue weighted by molar-refractivity contribution is 5.28. The van der Waals surface area contributed by atoms with Crippen LogP contribution in [0.4, 0.5) is 0 Å². The first-order valence-electron chi connectivity index (χ1n) is 6.22. The zero-order valence-corrected chi connectivity index (χ0v) is 11.5. The first-order chi connectivity index (χ1) is 7.51. The normalized spacial score (nSPS) is 13.4. The van der Waals surface area contributed by atoms with Crippen molar-refractivity contribution in [3.63, 3.8) is 0 Å². The van der Waals surface area contributed by atoms with Crippen LogP contribution >= 0.6 is 0 Å². The molecule has 1 aromatic heterocycles. The summed E-state index contributed by atoms with van der Waals surface area (Å²) in [4.78, 5) is 0. The highest BCUT2D eigenvalue weighted by Gasteiger charge is 2.18. The van der Waals surface area contributed by atoms with Crippen LogP contribution < -0.4 is 5.32 Å². The summed E-state index contributed by atoms with van der Waals surface area (Å²) in [6.45, 7) is 12.0. The molecule has 0 aliphatic heterocycles. The molecular formula is C13H25N3. The molecule has 3 nitrogen and oxygen atoms in total. The molecule has 0 radical (unpaired) electrons. The first-order valence-corrected chi connectivity index (χ1v) is 6.22. The molecule has 1 unspecified atom stereocenters. The first kappa shape index (κ1) is 13.2. The van der Waals surface area contributed by atoms with Gasteiger partial charge in [-0.2, -0.15) is 5.10 Å². The van der Waals surface area contributed by atoms with Crippen LogP contribution in [-0.4, -0.2) is 16.8 Å². The van der Waals surface area contributed by atoms with Crippen LogP contribution in [0.2, 0.25) is 0 Å². The topological polar surface area (TPSA) is 29.9 Å². The van der Waals surface area contributed by atoms with Crippen LogP contribution in [-0.2, 0) is 6.54 Å². The summed E-state index contributed by atoms with van der Waals surface area (Å²) in [7, 11) is 2.02. The Balaban J connectivity index is 3.05. The second-order valence-electron chi connectivity index (χ2n) is 4.91. The van der Waals surface area contributed by atoms with Gasteiger partial charge in [0.25, 0.3) is 0 Å². The Morgan fingerprint density at radius 1 is 1.31 bits per heavy atom. The van der Waals surface area contributed by atoms with Gasteiger partial charge in [-0.05, 0) is 33.2 Å². The van der Waals surface area contributed by atoms with Crippen LogP contribution in [0, 0.1) is 19.8 Å². The van der Waals surface area contributed by atoms with Gasteiger partial charge in [0.2, 0.25) is 0 Å². The Bertz CT molecular complexity index is 335. The average Bonchev–Trinajstić information content (AvgIpc) is 2.46. The van der Waals surface area contributed by atoms with Crippen LogP contribution in [0.5, 0.6) is 0 Å². The molecule has 1 aromatic rings. The summed E-state index contributed by atoms with van der Waals surface area (Å²) >= 11 is 0. The zero-order chi connectivity index (χ0) is 12.3. The Hall–Kier alpha value is -0.830. The SMILES string of the molecule is CCC(NC)c1c(C)nn(CC(C)C)c1C. The second kappa shape index (κ2) is 5.48. The smallest absolute Gasteiger partial charge is 0.0644 e. The summed E-state index contributed by atoms with van der Waals surface area (Å²) in [5.74, 6) is 0.639. The average molecular weight is 223 g/mol. The van der Waals surface area contributed by atoms with Gasteiger partial charge in [-0.15, -0.1) is 0 Å². The molecule has 1 atom stereocenters. The van der Waals surface area contributed by atoms with E-state index in [2.05, 4.69) is 49.7 Å². The predicted molar refractivity (Wildman–Crippen MR) is 68.6 cm³/mol. The molecular weight excluding hydrogens is 198 g/mol. The molecule has 0 saturated carbocycles. The van der Waals surface area contributed by atoms with Gasteiger partial charge in [-0.25, -0.2) is 0 Å². The fourth-order valence-electron chi connectivity index (χ4n) is 2.29. The monoisotopic (exact) mass is 223 g/mol. The highest BCUT2D eigenvalue weighted by Crippen LogP contribution is 2.24. The third kappa shape index (κ3) is 2.64. The van der Waals surface area contributed by atoms with E-state index in [0.717, 1.165) is 13.0 Å². The largest absolute Gasteiger partial charge is 0.313 e. The lowest BCUT2D eigenvalue weighted by molar-refractivity contribution is 0.471. The molecule has 0 bridgehead atoms. The minimum atomic E-state index is 0.431. The van der Waals surface area contributed by atoms with Crippen molar-refractivity contribution in [1.82, 2.24) is 15.1 Å². The third-order valence-electron chi connectivity index (χ3n) is 3.08. The maximum atomic E-state index is 4.64. The lowest BCUT2D eigenvalue weighted by Crippen LogP contribution is -2.17. The zero-order valence-electron chi connectivity index (χ0n) is 11.5. The summed E-state index contributed by atoms with van der Waals surface area (Å²) in [6, 6.07) is 0.431. The molecule has 3 heteroatoms. The van der Waals surface area contributed by atoms with Crippen molar-refractivity contribution < 1.29 is 0 Å². The Morgan fingerprint density at radius 3 is 2.38 bits per heavy atom. The minimum Gasteiger partial charge on any atom is -0.313 e. The van der Waals surface area contributed by atoms with E-state index in [1.165, 1.54) is 17.0 Å². The Labute approximate surface area is 99.2 Å². The summed E-state index contributed by atoms with van der Waals surface area (Å²) < 4.78 is 2.15. The number of hydrogen-bond donors (Lipinski definition) is 1. The van der Waals surface area contributed by atoms with Gasteiger partial charge in [0.15, 0.2) is 0 Å². The summed E-state index contributed by atoms with van der Waals surface area (Å²) in [5.41, 5.74) is 3.86. The molecule has 0 spiro atoms. The molecule has 0 aromatic carbocycles. The molecule has 0 aliphatic carbocycles. The standard InChI is InChI=1S/C13H25N3/c1-7-12(14-6)13-10(4)15-16(11(13)5)8-9(2)3/h9,12,14H,7-8H2,1-6H3. The fraction of sp³-hybridized carbons (Fsp3) is 0.769. The van der Waals surface area contributed by atoms with E-state index in [0.29, 0.717) is 12.0 Å². The number of aromatic nitrogens is 2. The minimum absolute atomic E-state index is 0.431. The predicted octanol–water partition coefficient (Wildman–Crippen LogP) is 2.83. The van der Waals surface area contributed by atoms with E-state index in [1.807, 2.05) is 7.05 Å².